The first-order chi connectivity index (χ1) is 14.3. The third-order valence-electron chi connectivity index (χ3n) is 4.27. The Labute approximate surface area is 182 Å². The van der Waals surface area contributed by atoms with Crippen LogP contribution in [0.2, 0.25) is 5.02 Å². The Balaban J connectivity index is 1.57. The zero-order chi connectivity index (χ0) is 21.3. The van der Waals surface area contributed by atoms with Gasteiger partial charge in [-0.3, -0.25) is 4.72 Å². The molecule has 0 saturated carbocycles. The highest BCUT2D eigenvalue weighted by Crippen LogP contribution is 2.31. The molecule has 0 bridgehead atoms. The number of halogens is 1. The van der Waals surface area contributed by atoms with Crippen molar-refractivity contribution in [2.24, 2.45) is 0 Å². The lowest BCUT2D eigenvalue weighted by molar-refractivity contribution is 0.390. The highest BCUT2D eigenvalue weighted by molar-refractivity contribution is 7.92. The standard InChI is InChI=1S/C20H17ClN4O3S2/c1-12-19(13(2)28-24-12)30(26,27)25-15-7-5-6-14(10-15)18-11-29-20(23-18)22-17-9-4-3-8-16(17)21/h3-11,25H,1-2H3,(H,22,23). The molecule has 0 unspecified atom stereocenters. The third kappa shape index (κ3) is 4.18. The normalized spacial score (nSPS) is 11.4. The summed E-state index contributed by atoms with van der Waals surface area (Å²) in [7, 11) is -3.82. The molecule has 2 aromatic heterocycles. The molecule has 0 spiro atoms. The van der Waals surface area contributed by atoms with E-state index in [9.17, 15) is 8.42 Å². The smallest absolute Gasteiger partial charge is 0.267 e. The maximum atomic E-state index is 12.7. The second-order valence-corrected chi connectivity index (χ2v) is 9.37. The van der Waals surface area contributed by atoms with Gasteiger partial charge < -0.3 is 9.84 Å². The lowest BCUT2D eigenvalue weighted by atomic mass is 10.1. The Morgan fingerprint density at radius 2 is 1.90 bits per heavy atom. The molecule has 0 saturated heterocycles. The number of para-hydroxylation sites is 1. The van der Waals surface area contributed by atoms with Gasteiger partial charge in [0, 0.05) is 16.6 Å². The zero-order valence-corrected chi connectivity index (χ0v) is 18.4. The molecule has 2 N–H and O–H groups in total. The van der Waals surface area contributed by atoms with Crippen LogP contribution in [-0.2, 0) is 10.0 Å². The molecule has 4 rings (SSSR count). The number of hydrogen-bond donors (Lipinski definition) is 2. The molecule has 0 aliphatic rings. The minimum absolute atomic E-state index is 0.0489. The number of anilines is 3. The van der Waals surface area contributed by atoms with Gasteiger partial charge in [-0.05, 0) is 38.1 Å². The summed E-state index contributed by atoms with van der Waals surface area (Å²) in [6, 6.07) is 14.4. The van der Waals surface area contributed by atoms with Crippen LogP contribution < -0.4 is 10.0 Å². The zero-order valence-electron chi connectivity index (χ0n) is 16.0. The molecule has 4 aromatic rings. The number of nitrogens with one attached hydrogen (secondary N) is 2. The van der Waals surface area contributed by atoms with Gasteiger partial charge in [-0.1, -0.05) is 41.0 Å². The van der Waals surface area contributed by atoms with Crippen molar-refractivity contribution < 1.29 is 12.9 Å². The molecule has 30 heavy (non-hydrogen) atoms. The summed E-state index contributed by atoms with van der Waals surface area (Å²) in [4.78, 5) is 4.63. The summed E-state index contributed by atoms with van der Waals surface area (Å²) in [5.74, 6) is 0.242. The average molecular weight is 461 g/mol. The number of aromatic nitrogens is 2. The van der Waals surface area contributed by atoms with Crippen molar-refractivity contribution in [3.63, 3.8) is 0 Å². The van der Waals surface area contributed by atoms with E-state index in [1.165, 1.54) is 11.3 Å². The Bertz CT molecular complexity index is 1300. The molecular weight excluding hydrogens is 444 g/mol. The molecule has 0 amide bonds. The lowest BCUT2D eigenvalue weighted by Crippen LogP contribution is -2.14. The summed E-state index contributed by atoms with van der Waals surface area (Å²) in [5, 5.41) is 10.1. The van der Waals surface area contributed by atoms with Gasteiger partial charge in [-0.2, -0.15) is 0 Å². The van der Waals surface area contributed by atoms with E-state index >= 15 is 0 Å². The van der Waals surface area contributed by atoms with Crippen molar-refractivity contribution in [3.8, 4) is 11.3 Å². The fourth-order valence-electron chi connectivity index (χ4n) is 2.95. The summed E-state index contributed by atoms with van der Waals surface area (Å²) in [5.41, 5.74) is 2.98. The number of benzene rings is 2. The van der Waals surface area contributed by atoms with Crippen LogP contribution in [0.3, 0.4) is 0 Å². The first-order valence-corrected chi connectivity index (χ1v) is 11.6. The van der Waals surface area contributed by atoms with E-state index < -0.39 is 10.0 Å². The summed E-state index contributed by atoms with van der Waals surface area (Å²) < 4.78 is 33.0. The minimum Gasteiger partial charge on any atom is -0.360 e. The van der Waals surface area contributed by atoms with Crippen LogP contribution in [0.15, 0.2) is 63.3 Å². The van der Waals surface area contributed by atoms with E-state index in [2.05, 4.69) is 20.2 Å². The van der Waals surface area contributed by atoms with E-state index in [1.807, 2.05) is 29.6 Å². The number of hydrogen-bond acceptors (Lipinski definition) is 7. The highest BCUT2D eigenvalue weighted by Gasteiger charge is 2.24. The van der Waals surface area contributed by atoms with Crippen molar-refractivity contribution in [3.05, 3.63) is 70.4 Å². The first-order valence-electron chi connectivity index (χ1n) is 8.87. The molecular formula is C20H17ClN4O3S2. The Hall–Kier alpha value is -2.88. The van der Waals surface area contributed by atoms with Crippen LogP contribution in [-0.4, -0.2) is 18.6 Å². The van der Waals surface area contributed by atoms with E-state index in [0.29, 0.717) is 27.2 Å². The lowest BCUT2D eigenvalue weighted by Gasteiger charge is -2.08. The van der Waals surface area contributed by atoms with E-state index in [4.69, 9.17) is 16.1 Å². The average Bonchev–Trinajstić information content (AvgIpc) is 3.30. The van der Waals surface area contributed by atoms with E-state index in [1.54, 1.807) is 38.1 Å². The van der Waals surface area contributed by atoms with Crippen molar-refractivity contribution in [2.45, 2.75) is 18.7 Å². The fraction of sp³-hybridized carbons (Fsp3) is 0.100. The number of rotatable bonds is 6. The fourth-order valence-corrected chi connectivity index (χ4v) is 5.24. The van der Waals surface area contributed by atoms with Crippen molar-refractivity contribution in [2.75, 3.05) is 10.0 Å². The molecule has 2 aromatic carbocycles. The van der Waals surface area contributed by atoms with Gasteiger partial charge in [0.25, 0.3) is 10.0 Å². The molecule has 7 nitrogen and oxygen atoms in total. The number of sulfonamides is 1. The molecule has 154 valence electrons. The predicted octanol–water partition coefficient (Wildman–Crippen LogP) is 5.61. The van der Waals surface area contributed by atoms with Crippen LogP contribution in [0.1, 0.15) is 11.5 Å². The molecule has 0 aliphatic heterocycles. The maximum Gasteiger partial charge on any atom is 0.267 e. The van der Waals surface area contributed by atoms with Crippen LogP contribution >= 0.6 is 22.9 Å². The van der Waals surface area contributed by atoms with Crippen molar-refractivity contribution >= 4 is 49.5 Å². The van der Waals surface area contributed by atoms with Gasteiger partial charge in [-0.15, -0.1) is 11.3 Å². The maximum absolute atomic E-state index is 12.7. The third-order valence-corrected chi connectivity index (χ3v) is 6.98. The van der Waals surface area contributed by atoms with Gasteiger partial charge in [-0.25, -0.2) is 13.4 Å². The van der Waals surface area contributed by atoms with Crippen LogP contribution in [0.25, 0.3) is 11.3 Å². The van der Waals surface area contributed by atoms with Gasteiger partial charge >= 0.3 is 0 Å². The van der Waals surface area contributed by atoms with Gasteiger partial charge in [0.05, 0.1) is 16.4 Å². The van der Waals surface area contributed by atoms with Gasteiger partial charge in [0.15, 0.2) is 15.8 Å². The summed E-state index contributed by atoms with van der Waals surface area (Å²) in [6.45, 7) is 3.15. The summed E-state index contributed by atoms with van der Waals surface area (Å²) >= 11 is 7.61. The van der Waals surface area contributed by atoms with Crippen molar-refractivity contribution in [1.29, 1.82) is 0 Å². The van der Waals surface area contributed by atoms with Gasteiger partial charge in [0.2, 0.25) is 0 Å². The Kier molecular flexibility index (Phi) is 5.50. The number of aryl methyl sites for hydroxylation is 2. The van der Waals surface area contributed by atoms with Gasteiger partial charge in [0.1, 0.15) is 5.69 Å². The number of nitrogens with zero attached hydrogens (tertiary/aromatic N) is 2. The van der Waals surface area contributed by atoms with Crippen LogP contribution in [0, 0.1) is 13.8 Å². The first kappa shape index (κ1) is 20.4. The van der Waals surface area contributed by atoms with Crippen LogP contribution in [0.4, 0.5) is 16.5 Å². The molecule has 10 heteroatoms. The quantitative estimate of drug-likeness (QED) is 0.388. The second-order valence-electron chi connectivity index (χ2n) is 6.48. The highest BCUT2D eigenvalue weighted by atomic mass is 35.5. The molecule has 0 radical (unpaired) electrons. The van der Waals surface area contributed by atoms with E-state index in [0.717, 1.165) is 11.3 Å². The molecule has 2 heterocycles. The number of thiazole rings is 1. The monoisotopic (exact) mass is 460 g/mol. The topological polar surface area (TPSA) is 97.1 Å². The summed E-state index contributed by atoms with van der Waals surface area (Å²) in [6.07, 6.45) is 0. The molecule has 0 fully saturated rings. The minimum atomic E-state index is -3.82. The Morgan fingerprint density at radius 3 is 2.63 bits per heavy atom. The second kappa shape index (κ2) is 8.10. The Morgan fingerprint density at radius 1 is 1.10 bits per heavy atom. The molecule has 0 atom stereocenters. The SMILES string of the molecule is Cc1noc(C)c1S(=O)(=O)Nc1cccc(-c2csc(Nc3ccccc3Cl)n2)c1. The predicted molar refractivity (Wildman–Crippen MR) is 119 cm³/mol. The van der Waals surface area contributed by atoms with Crippen LogP contribution in [0.5, 0.6) is 0 Å². The van der Waals surface area contributed by atoms with Crippen molar-refractivity contribution in [1.82, 2.24) is 10.1 Å². The molecule has 0 aliphatic carbocycles. The largest absolute Gasteiger partial charge is 0.360 e. The van der Waals surface area contributed by atoms with E-state index in [-0.39, 0.29) is 10.7 Å².